The Morgan fingerprint density at radius 2 is 1.88 bits per heavy atom. The number of ketones is 1. The van der Waals surface area contributed by atoms with Crippen molar-refractivity contribution in [2.75, 3.05) is 7.11 Å². The second-order valence-electron chi connectivity index (χ2n) is 5.42. The van der Waals surface area contributed by atoms with Crippen LogP contribution >= 0.6 is 0 Å². The van der Waals surface area contributed by atoms with Gasteiger partial charge in [-0.1, -0.05) is 0 Å². The van der Waals surface area contributed by atoms with Crippen molar-refractivity contribution in [3.05, 3.63) is 50.5 Å². The van der Waals surface area contributed by atoms with E-state index in [0.717, 1.165) is 12.1 Å². The highest BCUT2D eigenvalue weighted by molar-refractivity contribution is 6.04. The molecule has 0 saturated heterocycles. The number of esters is 2. The lowest BCUT2D eigenvalue weighted by Crippen LogP contribution is -2.25. The first-order chi connectivity index (χ1) is 12.2. The molecule has 10 heteroatoms. The molecule has 0 fully saturated rings. The monoisotopic (exact) mass is 364 g/mol. The van der Waals surface area contributed by atoms with Crippen molar-refractivity contribution in [2.24, 2.45) is 0 Å². The first-order valence-electron chi connectivity index (χ1n) is 7.44. The van der Waals surface area contributed by atoms with E-state index in [9.17, 15) is 24.5 Å². The zero-order valence-electron chi connectivity index (χ0n) is 14.4. The molecule has 2 aromatic rings. The van der Waals surface area contributed by atoms with Gasteiger partial charge in [-0.05, 0) is 32.4 Å². The topological polar surface area (TPSA) is 142 Å². The van der Waals surface area contributed by atoms with Crippen molar-refractivity contribution in [3.63, 3.8) is 0 Å². The molecule has 0 aromatic carbocycles. The number of hydrogen-bond donors (Lipinski definition) is 1. The van der Waals surface area contributed by atoms with Crippen LogP contribution in [0.25, 0.3) is 0 Å². The highest BCUT2D eigenvalue weighted by Crippen LogP contribution is 2.22. The molecule has 1 N–H and O–H groups in total. The molecule has 0 aliphatic rings. The summed E-state index contributed by atoms with van der Waals surface area (Å²) in [5, 5.41) is 10.6. The number of aromatic nitrogens is 1. The number of aromatic amines is 1. The van der Waals surface area contributed by atoms with Gasteiger partial charge in [0.2, 0.25) is 11.5 Å². The summed E-state index contributed by atoms with van der Waals surface area (Å²) < 4.78 is 14.4. The number of Topliss-reactive ketones (excluding diaryl/α,β-unsaturated/α-hetero) is 1. The third kappa shape index (κ3) is 3.48. The van der Waals surface area contributed by atoms with Crippen molar-refractivity contribution in [3.8, 4) is 0 Å². The van der Waals surface area contributed by atoms with Gasteiger partial charge in [0.15, 0.2) is 6.10 Å². The maximum atomic E-state index is 12.5. The molecule has 0 spiro atoms. The van der Waals surface area contributed by atoms with E-state index in [4.69, 9.17) is 9.15 Å². The number of aryl methyl sites for hydroxylation is 1. The number of methoxy groups -OCH3 is 1. The number of furan rings is 1. The molecule has 10 nitrogen and oxygen atoms in total. The van der Waals surface area contributed by atoms with Gasteiger partial charge in [0.05, 0.1) is 24.4 Å². The SMILES string of the molecule is COC(=O)c1c(C)[nH]c(C(=O)C(C)OC(=O)c2ccc([N+](=O)[O-])o2)c1C. The Bertz CT molecular complexity index is 892. The molecule has 2 heterocycles. The average Bonchev–Trinajstić information content (AvgIpc) is 3.19. The normalized spacial score (nSPS) is 11.7. The van der Waals surface area contributed by atoms with Gasteiger partial charge in [-0.25, -0.2) is 9.59 Å². The Morgan fingerprint density at radius 3 is 2.42 bits per heavy atom. The fraction of sp³-hybridized carbons (Fsp3) is 0.312. The number of hydrogen-bond acceptors (Lipinski definition) is 8. The minimum absolute atomic E-state index is 0.105. The van der Waals surface area contributed by atoms with Crippen LogP contribution in [0.1, 0.15) is 49.6 Å². The zero-order chi connectivity index (χ0) is 19.6. The third-order valence-electron chi connectivity index (χ3n) is 3.70. The standard InChI is InChI=1S/C16H16N2O8/c1-7-12(16(21)24-4)8(2)17-13(7)14(19)9(3)25-15(20)10-5-6-11(26-10)18(22)23/h5-6,9,17H,1-4H3. The fourth-order valence-corrected chi connectivity index (χ4v) is 2.42. The molecule has 138 valence electrons. The van der Waals surface area contributed by atoms with Crippen molar-refractivity contribution in [1.29, 1.82) is 0 Å². The number of H-pyrrole nitrogens is 1. The molecule has 0 amide bonds. The molecule has 0 aliphatic carbocycles. The van der Waals surface area contributed by atoms with E-state index in [1.54, 1.807) is 13.8 Å². The summed E-state index contributed by atoms with van der Waals surface area (Å²) >= 11 is 0. The summed E-state index contributed by atoms with van der Waals surface area (Å²) in [6.45, 7) is 4.51. The van der Waals surface area contributed by atoms with Gasteiger partial charge in [0, 0.05) is 5.69 Å². The highest BCUT2D eigenvalue weighted by Gasteiger charge is 2.28. The van der Waals surface area contributed by atoms with Gasteiger partial charge in [-0.2, -0.15) is 0 Å². The van der Waals surface area contributed by atoms with Crippen LogP contribution < -0.4 is 0 Å². The molecular formula is C16H16N2O8. The summed E-state index contributed by atoms with van der Waals surface area (Å²) in [7, 11) is 1.22. The van der Waals surface area contributed by atoms with E-state index in [2.05, 4.69) is 9.72 Å². The molecule has 1 atom stereocenters. The maximum Gasteiger partial charge on any atom is 0.433 e. The molecule has 26 heavy (non-hydrogen) atoms. The Morgan fingerprint density at radius 1 is 1.23 bits per heavy atom. The van der Waals surface area contributed by atoms with Crippen LogP contribution in [0.4, 0.5) is 5.88 Å². The molecule has 0 bridgehead atoms. The molecule has 1 unspecified atom stereocenters. The van der Waals surface area contributed by atoms with Crippen LogP contribution in [0.15, 0.2) is 16.5 Å². The summed E-state index contributed by atoms with van der Waals surface area (Å²) in [5.74, 6) is -3.20. The first-order valence-corrected chi connectivity index (χ1v) is 7.44. The third-order valence-corrected chi connectivity index (χ3v) is 3.70. The Balaban J connectivity index is 2.18. The van der Waals surface area contributed by atoms with E-state index in [-0.39, 0.29) is 11.3 Å². The largest absolute Gasteiger partial charge is 0.465 e. The first kappa shape index (κ1) is 18.9. The Kier molecular flexibility index (Phi) is 5.24. The van der Waals surface area contributed by atoms with Crippen molar-refractivity contribution < 1.29 is 33.2 Å². The number of ether oxygens (including phenoxy) is 2. The van der Waals surface area contributed by atoms with Gasteiger partial charge in [0.25, 0.3) is 0 Å². The van der Waals surface area contributed by atoms with Crippen molar-refractivity contribution in [2.45, 2.75) is 26.9 Å². The molecule has 2 aromatic heterocycles. The van der Waals surface area contributed by atoms with Gasteiger partial charge >= 0.3 is 17.8 Å². The maximum absolute atomic E-state index is 12.5. The minimum atomic E-state index is -1.21. The van der Waals surface area contributed by atoms with Crippen LogP contribution in [0.5, 0.6) is 0 Å². The number of nitrogens with zero attached hydrogens (tertiary/aromatic N) is 1. The van der Waals surface area contributed by atoms with Gasteiger partial charge in [-0.15, -0.1) is 0 Å². The lowest BCUT2D eigenvalue weighted by atomic mass is 10.1. The second-order valence-corrected chi connectivity index (χ2v) is 5.42. The molecular weight excluding hydrogens is 348 g/mol. The number of nitro groups is 1. The van der Waals surface area contributed by atoms with Crippen LogP contribution in [0, 0.1) is 24.0 Å². The zero-order valence-corrected chi connectivity index (χ0v) is 14.4. The molecule has 2 rings (SSSR count). The van der Waals surface area contributed by atoms with Crippen molar-refractivity contribution >= 4 is 23.6 Å². The minimum Gasteiger partial charge on any atom is -0.465 e. The highest BCUT2D eigenvalue weighted by atomic mass is 16.7. The van der Waals surface area contributed by atoms with Gasteiger partial charge in [0.1, 0.15) is 4.92 Å². The van der Waals surface area contributed by atoms with Crippen LogP contribution in [-0.2, 0) is 9.47 Å². The fourth-order valence-electron chi connectivity index (χ4n) is 2.42. The summed E-state index contributed by atoms with van der Waals surface area (Å²) in [6.07, 6.45) is -1.21. The molecule has 0 saturated carbocycles. The van der Waals surface area contributed by atoms with Gasteiger partial charge in [-0.3, -0.25) is 14.9 Å². The second kappa shape index (κ2) is 7.21. The number of carbonyl (C=O) groups excluding carboxylic acids is 3. The van der Waals surface area contributed by atoms with Crippen LogP contribution in [0.3, 0.4) is 0 Å². The molecule has 0 aliphatic heterocycles. The number of nitrogens with one attached hydrogen (secondary N) is 1. The number of carbonyl (C=O) groups is 3. The Labute approximate surface area is 147 Å². The lowest BCUT2D eigenvalue weighted by Gasteiger charge is -2.11. The Hall–Kier alpha value is -3.43. The number of rotatable bonds is 6. The summed E-state index contributed by atoms with van der Waals surface area (Å²) in [6, 6.07) is 2.08. The average molecular weight is 364 g/mol. The predicted molar refractivity (Wildman–Crippen MR) is 86.2 cm³/mol. The quantitative estimate of drug-likeness (QED) is 0.356. The van der Waals surface area contributed by atoms with Gasteiger partial charge < -0.3 is 18.9 Å². The van der Waals surface area contributed by atoms with Crippen molar-refractivity contribution in [1.82, 2.24) is 4.98 Å². The van der Waals surface area contributed by atoms with E-state index in [1.165, 1.54) is 14.0 Å². The van der Waals surface area contributed by atoms with Crippen LogP contribution in [0.2, 0.25) is 0 Å². The van der Waals surface area contributed by atoms with E-state index in [0.29, 0.717) is 11.3 Å². The summed E-state index contributed by atoms with van der Waals surface area (Å²) in [5.41, 5.74) is 1.15. The summed E-state index contributed by atoms with van der Waals surface area (Å²) in [4.78, 5) is 48.8. The smallest absolute Gasteiger partial charge is 0.433 e. The predicted octanol–water partition coefficient (Wildman–Crippen LogP) is 2.35. The molecule has 0 radical (unpaired) electrons. The van der Waals surface area contributed by atoms with E-state index >= 15 is 0 Å². The van der Waals surface area contributed by atoms with E-state index in [1.807, 2.05) is 0 Å². The van der Waals surface area contributed by atoms with Crippen LogP contribution in [-0.4, -0.2) is 40.8 Å². The lowest BCUT2D eigenvalue weighted by molar-refractivity contribution is -0.402. The van der Waals surface area contributed by atoms with E-state index < -0.39 is 40.4 Å².